The van der Waals surface area contributed by atoms with Crippen molar-refractivity contribution in [3.8, 4) is 0 Å². The summed E-state index contributed by atoms with van der Waals surface area (Å²) < 4.78 is 0. The van der Waals surface area contributed by atoms with Gasteiger partial charge in [-0.2, -0.15) is 0 Å². The van der Waals surface area contributed by atoms with E-state index in [4.69, 9.17) is 0 Å². The van der Waals surface area contributed by atoms with Crippen molar-refractivity contribution in [2.24, 2.45) is 0 Å². The molecule has 0 aromatic carbocycles. The van der Waals surface area contributed by atoms with Gasteiger partial charge in [-0.25, -0.2) is 0 Å². The minimum atomic E-state index is -0.230. The van der Waals surface area contributed by atoms with Gasteiger partial charge in [0.2, 0.25) is 0 Å². The van der Waals surface area contributed by atoms with Crippen molar-refractivity contribution < 1.29 is 4.79 Å². The average Bonchev–Trinajstić information content (AvgIpc) is 2.78. The fourth-order valence-corrected chi connectivity index (χ4v) is 1.89. The molecule has 2 aromatic rings. The zero-order valence-electron chi connectivity index (χ0n) is 9.73. The summed E-state index contributed by atoms with van der Waals surface area (Å²) in [6.07, 6.45) is 7.47. The maximum Gasteiger partial charge on any atom is 0.172 e. The Morgan fingerprint density at radius 3 is 3.24 bits per heavy atom. The highest BCUT2D eigenvalue weighted by Crippen LogP contribution is 2.18. The van der Waals surface area contributed by atoms with E-state index in [2.05, 4.69) is 21.9 Å². The summed E-state index contributed by atoms with van der Waals surface area (Å²) in [6, 6.07) is 1.69. The first-order valence-electron chi connectivity index (χ1n) is 5.49. The number of rotatable bonds is 5. The van der Waals surface area contributed by atoms with Gasteiger partial charge in [-0.3, -0.25) is 9.78 Å². The third-order valence-corrected chi connectivity index (χ3v) is 2.89. The Morgan fingerprint density at radius 2 is 2.53 bits per heavy atom. The molecule has 0 unspecified atom stereocenters. The molecule has 17 heavy (non-hydrogen) atoms. The molecule has 0 radical (unpaired) electrons. The topological polar surface area (TPSA) is 57.8 Å². The smallest absolute Gasteiger partial charge is 0.172 e. The summed E-state index contributed by atoms with van der Waals surface area (Å²) in [4.78, 5) is 18.9. The van der Waals surface area contributed by atoms with E-state index >= 15 is 0 Å². The van der Waals surface area contributed by atoms with Crippen molar-refractivity contribution in [3.05, 3.63) is 42.9 Å². The number of hydrogen-bond donors (Lipinski definition) is 2. The molecule has 0 bridgehead atoms. The lowest BCUT2D eigenvalue weighted by molar-refractivity contribution is -0.116. The van der Waals surface area contributed by atoms with Gasteiger partial charge in [0.05, 0.1) is 6.04 Å². The number of ketones is 1. The molecule has 0 aliphatic rings. The summed E-state index contributed by atoms with van der Waals surface area (Å²) >= 11 is 0. The van der Waals surface area contributed by atoms with Crippen molar-refractivity contribution in [1.29, 1.82) is 0 Å². The summed E-state index contributed by atoms with van der Waals surface area (Å²) in [7, 11) is 1.78. The average molecular weight is 229 g/mol. The normalized spacial score (nSPS) is 12.5. The summed E-state index contributed by atoms with van der Waals surface area (Å²) in [5, 5.41) is 4.06. The van der Waals surface area contributed by atoms with Crippen LogP contribution >= 0.6 is 0 Å². The molecule has 0 spiro atoms. The van der Waals surface area contributed by atoms with Crippen LogP contribution in [0.4, 0.5) is 0 Å². The number of likely N-dealkylation sites (N-methyl/N-ethyl adjacent to an activating group) is 1. The van der Waals surface area contributed by atoms with Crippen LogP contribution < -0.4 is 5.32 Å². The van der Waals surface area contributed by atoms with E-state index in [0.717, 1.165) is 16.5 Å². The van der Waals surface area contributed by atoms with Gasteiger partial charge < -0.3 is 10.3 Å². The lowest BCUT2D eigenvalue weighted by atomic mass is 10.0. The number of hydrogen-bond acceptors (Lipinski definition) is 3. The van der Waals surface area contributed by atoms with E-state index in [0.29, 0.717) is 6.42 Å². The van der Waals surface area contributed by atoms with Gasteiger partial charge in [-0.1, -0.05) is 6.58 Å². The van der Waals surface area contributed by atoms with Crippen LogP contribution in [0.1, 0.15) is 5.56 Å². The zero-order chi connectivity index (χ0) is 12.3. The van der Waals surface area contributed by atoms with Gasteiger partial charge in [-0.15, -0.1) is 0 Å². The van der Waals surface area contributed by atoms with Gasteiger partial charge in [0.1, 0.15) is 0 Å². The monoisotopic (exact) mass is 229 g/mol. The Kier molecular flexibility index (Phi) is 3.35. The zero-order valence-corrected chi connectivity index (χ0v) is 9.73. The first kappa shape index (κ1) is 11.5. The standard InChI is InChI=1S/C13H15N3O/c1-3-13(17)12(14-2)6-9-7-16-11-4-5-15-8-10(9)11/h3-5,7-8,12,14,16H,1,6H2,2H3/t12-/m0/s1. The highest BCUT2D eigenvalue weighted by atomic mass is 16.1. The Labute approximate surface area is 99.8 Å². The Bertz CT molecular complexity index is 544. The Hall–Kier alpha value is -1.94. The fraction of sp³-hybridized carbons (Fsp3) is 0.231. The first-order chi connectivity index (χ1) is 8.26. The third kappa shape index (κ3) is 2.26. The minimum absolute atomic E-state index is 0.00532. The number of aromatic amines is 1. The largest absolute Gasteiger partial charge is 0.361 e. The molecule has 2 heterocycles. The number of carbonyl (C=O) groups excluding carboxylic acids is 1. The van der Waals surface area contributed by atoms with Crippen LogP contribution in [0, 0.1) is 0 Å². The molecule has 0 aliphatic carbocycles. The molecule has 0 aliphatic heterocycles. The van der Waals surface area contributed by atoms with E-state index in [-0.39, 0.29) is 11.8 Å². The van der Waals surface area contributed by atoms with Crippen molar-refractivity contribution in [2.75, 3.05) is 7.05 Å². The Balaban J connectivity index is 2.28. The minimum Gasteiger partial charge on any atom is -0.361 e. The van der Waals surface area contributed by atoms with Crippen LogP contribution in [0.15, 0.2) is 37.3 Å². The van der Waals surface area contributed by atoms with Crippen molar-refractivity contribution >= 4 is 16.7 Å². The summed E-state index contributed by atoms with van der Waals surface area (Å²) in [5.41, 5.74) is 2.12. The van der Waals surface area contributed by atoms with Crippen molar-refractivity contribution in [1.82, 2.24) is 15.3 Å². The number of carbonyl (C=O) groups is 1. The van der Waals surface area contributed by atoms with Gasteiger partial charge in [0, 0.05) is 29.5 Å². The quantitative estimate of drug-likeness (QED) is 0.763. The molecular formula is C13H15N3O. The van der Waals surface area contributed by atoms with Crippen LogP contribution in [0.3, 0.4) is 0 Å². The molecule has 0 fully saturated rings. The maximum absolute atomic E-state index is 11.6. The molecule has 4 heteroatoms. The van der Waals surface area contributed by atoms with Crippen LogP contribution in [0.5, 0.6) is 0 Å². The molecule has 0 saturated carbocycles. The van der Waals surface area contributed by atoms with Crippen molar-refractivity contribution in [2.45, 2.75) is 12.5 Å². The molecule has 0 amide bonds. The second-order valence-corrected chi connectivity index (χ2v) is 3.89. The highest BCUT2D eigenvalue weighted by molar-refractivity contribution is 5.94. The Morgan fingerprint density at radius 1 is 1.71 bits per heavy atom. The molecule has 1 atom stereocenters. The molecule has 2 N–H and O–H groups in total. The van der Waals surface area contributed by atoms with E-state index < -0.39 is 0 Å². The van der Waals surface area contributed by atoms with Gasteiger partial charge in [0.25, 0.3) is 0 Å². The van der Waals surface area contributed by atoms with Gasteiger partial charge in [0.15, 0.2) is 5.78 Å². The predicted molar refractivity (Wildman–Crippen MR) is 67.8 cm³/mol. The number of fused-ring (bicyclic) bond motifs is 1. The second-order valence-electron chi connectivity index (χ2n) is 3.89. The molecule has 2 aromatic heterocycles. The van der Waals surface area contributed by atoms with E-state index in [9.17, 15) is 4.79 Å². The van der Waals surface area contributed by atoms with Crippen LogP contribution in [0.25, 0.3) is 10.9 Å². The number of pyridine rings is 1. The van der Waals surface area contributed by atoms with E-state index in [1.165, 1.54) is 6.08 Å². The third-order valence-electron chi connectivity index (χ3n) is 2.89. The SMILES string of the molecule is C=CC(=O)[C@H](Cc1c[nH]c2ccncc12)NC. The number of H-pyrrole nitrogens is 1. The molecule has 4 nitrogen and oxygen atoms in total. The highest BCUT2D eigenvalue weighted by Gasteiger charge is 2.15. The molecule has 2 rings (SSSR count). The summed E-state index contributed by atoms with van der Waals surface area (Å²) in [6.45, 7) is 3.51. The lowest BCUT2D eigenvalue weighted by Gasteiger charge is -2.11. The molecule has 88 valence electrons. The maximum atomic E-state index is 11.6. The fourth-order valence-electron chi connectivity index (χ4n) is 1.89. The number of nitrogens with zero attached hydrogens (tertiary/aromatic N) is 1. The van der Waals surface area contributed by atoms with E-state index in [1.807, 2.05) is 18.5 Å². The summed E-state index contributed by atoms with van der Waals surface area (Å²) in [5.74, 6) is 0.00532. The number of aromatic nitrogens is 2. The lowest BCUT2D eigenvalue weighted by Crippen LogP contribution is -2.34. The first-order valence-corrected chi connectivity index (χ1v) is 5.49. The number of nitrogens with one attached hydrogen (secondary N) is 2. The van der Waals surface area contributed by atoms with Gasteiger partial charge in [-0.05, 0) is 31.2 Å². The van der Waals surface area contributed by atoms with Crippen molar-refractivity contribution in [3.63, 3.8) is 0 Å². The van der Waals surface area contributed by atoms with Crippen LogP contribution in [-0.2, 0) is 11.2 Å². The molecular weight excluding hydrogens is 214 g/mol. The second kappa shape index (κ2) is 4.93. The van der Waals surface area contributed by atoms with E-state index in [1.54, 1.807) is 13.2 Å². The van der Waals surface area contributed by atoms with Gasteiger partial charge >= 0.3 is 0 Å². The predicted octanol–water partition coefficient (Wildman–Crippen LogP) is 1.45. The molecule has 0 saturated heterocycles. The van der Waals surface area contributed by atoms with Crippen LogP contribution in [-0.4, -0.2) is 28.8 Å². The van der Waals surface area contributed by atoms with Crippen LogP contribution in [0.2, 0.25) is 0 Å².